The second kappa shape index (κ2) is 11.8. The number of nitrogens with zero attached hydrogens (tertiary/aromatic N) is 1. The monoisotopic (exact) mass is 397 g/mol. The summed E-state index contributed by atoms with van der Waals surface area (Å²) in [6, 6.07) is 7.95. The molecule has 1 aromatic carbocycles. The summed E-state index contributed by atoms with van der Waals surface area (Å²) in [7, 11) is 1.65. The molecule has 1 aliphatic heterocycles. The fraction of sp³-hybridized carbons (Fsp3) is 0.600. The molecule has 0 aliphatic carbocycles. The SMILES string of the molecule is COc1cccc(C(C)CC(=O)N2CCCCC2CNC(=O)CCN)c1.Cl. The number of rotatable bonds is 8. The molecular formula is C20H32ClN3O3. The average molecular weight is 398 g/mol. The molecule has 2 amide bonds. The third kappa shape index (κ3) is 7.03. The summed E-state index contributed by atoms with van der Waals surface area (Å²) in [5.41, 5.74) is 6.51. The third-order valence-corrected chi connectivity index (χ3v) is 5.00. The van der Waals surface area contributed by atoms with Crippen molar-refractivity contribution < 1.29 is 14.3 Å². The first kappa shape index (κ1) is 23.2. The molecule has 0 aromatic heterocycles. The fourth-order valence-electron chi connectivity index (χ4n) is 3.44. The van der Waals surface area contributed by atoms with Gasteiger partial charge in [0.25, 0.3) is 0 Å². The Morgan fingerprint density at radius 1 is 1.37 bits per heavy atom. The van der Waals surface area contributed by atoms with Crippen LogP contribution in [-0.4, -0.2) is 49.5 Å². The minimum Gasteiger partial charge on any atom is -0.497 e. The number of piperidine rings is 1. The molecule has 0 spiro atoms. The summed E-state index contributed by atoms with van der Waals surface area (Å²) >= 11 is 0. The van der Waals surface area contributed by atoms with Crippen LogP contribution in [0.3, 0.4) is 0 Å². The van der Waals surface area contributed by atoms with E-state index in [0.29, 0.717) is 25.9 Å². The quantitative estimate of drug-likeness (QED) is 0.705. The molecule has 2 rings (SSSR count). The van der Waals surface area contributed by atoms with Gasteiger partial charge in [0, 0.05) is 38.5 Å². The Balaban J connectivity index is 0.00000364. The van der Waals surface area contributed by atoms with E-state index < -0.39 is 0 Å². The Morgan fingerprint density at radius 3 is 2.85 bits per heavy atom. The number of methoxy groups -OCH3 is 1. The third-order valence-electron chi connectivity index (χ3n) is 5.00. The minimum atomic E-state index is -0.0461. The van der Waals surface area contributed by atoms with Crippen LogP contribution in [0.1, 0.15) is 50.5 Å². The van der Waals surface area contributed by atoms with E-state index >= 15 is 0 Å². The molecule has 1 saturated heterocycles. The lowest BCUT2D eigenvalue weighted by atomic mass is 9.95. The molecule has 3 N–H and O–H groups in total. The van der Waals surface area contributed by atoms with Gasteiger partial charge in [0.1, 0.15) is 5.75 Å². The molecular weight excluding hydrogens is 366 g/mol. The number of amides is 2. The van der Waals surface area contributed by atoms with E-state index in [1.807, 2.05) is 29.2 Å². The Hall–Kier alpha value is -1.79. The van der Waals surface area contributed by atoms with Crippen LogP contribution in [0.25, 0.3) is 0 Å². The Labute approximate surface area is 168 Å². The first-order valence-corrected chi connectivity index (χ1v) is 9.45. The molecule has 7 heteroatoms. The number of carbonyl (C=O) groups excluding carboxylic acids is 2. The number of nitrogens with two attached hydrogens (primary N) is 1. The van der Waals surface area contributed by atoms with Crippen molar-refractivity contribution in [1.82, 2.24) is 10.2 Å². The van der Waals surface area contributed by atoms with Gasteiger partial charge < -0.3 is 20.7 Å². The molecule has 1 heterocycles. The molecule has 27 heavy (non-hydrogen) atoms. The van der Waals surface area contributed by atoms with E-state index in [2.05, 4.69) is 12.2 Å². The van der Waals surface area contributed by atoms with Gasteiger partial charge in [-0.3, -0.25) is 9.59 Å². The van der Waals surface area contributed by atoms with E-state index in [9.17, 15) is 9.59 Å². The lowest BCUT2D eigenvalue weighted by molar-refractivity contribution is -0.135. The number of ether oxygens (including phenoxy) is 1. The molecule has 2 unspecified atom stereocenters. The second-order valence-electron chi connectivity index (χ2n) is 6.96. The van der Waals surface area contributed by atoms with E-state index in [4.69, 9.17) is 10.5 Å². The molecule has 0 saturated carbocycles. The van der Waals surface area contributed by atoms with E-state index in [1.54, 1.807) is 7.11 Å². The van der Waals surface area contributed by atoms with Crippen LogP contribution in [0.15, 0.2) is 24.3 Å². The molecule has 1 aromatic rings. The van der Waals surface area contributed by atoms with Crippen molar-refractivity contribution >= 4 is 24.2 Å². The predicted molar refractivity (Wildman–Crippen MR) is 109 cm³/mol. The maximum atomic E-state index is 12.9. The predicted octanol–water partition coefficient (Wildman–Crippen LogP) is 2.46. The van der Waals surface area contributed by atoms with Gasteiger partial charge in [-0.2, -0.15) is 0 Å². The van der Waals surface area contributed by atoms with Crippen LogP contribution >= 0.6 is 12.4 Å². The molecule has 0 radical (unpaired) electrons. The van der Waals surface area contributed by atoms with Crippen molar-refractivity contribution in [2.45, 2.75) is 51.0 Å². The van der Waals surface area contributed by atoms with Gasteiger partial charge in [0.05, 0.1) is 7.11 Å². The zero-order chi connectivity index (χ0) is 18.9. The number of halogens is 1. The van der Waals surface area contributed by atoms with Gasteiger partial charge in [-0.05, 0) is 42.9 Å². The first-order chi connectivity index (χ1) is 12.5. The van der Waals surface area contributed by atoms with E-state index in [1.165, 1.54) is 0 Å². The molecule has 6 nitrogen and oxygen atoms in total. The molecule has 2 atom stereocenters. The zero-order valence-electron chi connectivity index (χ0n) is 16.3. The summed E-state index contributed by atoms with van der Waals surface area (Å²) in [6.07, 6.45) is 3.83. The standard InChI is InChI=1S/C20H31N3O3.ClH/c1-15(16-6-5-8-18(13-16)26-2)12-20(25)23-11-4-3-7-17(23)14-22-19(24)9-10-21;/h5-6,8,13,15,17H,3-4,7,9-12,14,21H2,1-2H3,(H,22,24);1H. The van der Waals surface area contributed by atoms with Crippen molar-refractivity contribution in [1.29, 1.82) is 0 Å². The van der Waals surface area contributed by atoms with E-state index in [-0.39, 0.29) is 36.2 Å². The van der Waals surface area contributed by atoms with E-state index in [0.717, 1.165) is 37.1 Å². The number of nitrogens with one attached hydrogen (secondary N) is 1. The minimum absolute atomic E-state index is 0. The molecule has 1 aliphatic rings. The van der Waals surface area contributed by atoms with Crippen LogP contribution in [0.5, 0.6) is 5.75 Å². The summed E-state index contributed by atoms with van der Waals surface area (Å²) in [6.45, 7) is 3.69. The number of benzene rings is 1. The van der Waals surface area contributed by atoms with Gasteiger partial charge in [-0.15, -0.1) is 12.4 Å². The van der Waals surface area contributed by atoms with Crippen LogP contribution in [0, 0.1) is 0 Å². The van der Waals surface area contributed by atoms with Crippen LogP contribution in [0.2, 0.25) is 0 Å². The van der Waals surface area contributed by atoms with Crippen molar-refractivity contribution in [3.63, 3.8) is 0 Å². The summed E-state index contributed by atoms with van der Waals surface area (Å²) in [5, 5.41) is 2.91. The maximum Gasteiger partial charge on any atom is 0.223 e. The number of likely N-dealkylation sites (tertiary alicyclic amines) is 1. The van der Waals surface area contributed by atoms with Crippen molar-refractivity contribution in [3.05, 3.63) is 29.8 Å². The Morgan fingerprint density at radius 2 is 2.15 bits per heavy atom. The highest BCUT2D eigenvalue weighted by atomic mass is 35.5. The highest BCUT2D eigenvalue weighted by Crippen LogP contribution is 2.26. The van der Waals surface area contributed by atoms with Gasteiger partial charge in [0.2, 0.25) is 11.8 Å². The largest absolute Gasteiger partial charge is 0.497 e. The van der Waals surface area contributed by atoms with Crippen LogP contribution in [-0.2, 0) is 9.59 Å². The maximum absolute atomic E-state index is 12.9. The molecule has 1 fully saturated rings. The second-order valence-corrected chi connectivity index (χ2v) is 6.96. The van der Waals surface area contributed by atoms with Crippen molar-refractivity contribution in [2.24, 2.45) is 5.73 Å². The zero-order valence-corrected chi connectivity index (χ0v) is 17.1. The van der Waals surface area contributed by atoms with Gasteiger partial charge >= 0.3 is 0 Å². The van der Waals surface area contributed by atoms with Gasteiger partial charge in [0.15, 0.2) is 0 Å². The number of carbonyl (C=O) groups is 2. The van der Waals surface area contributed by atoms with Crippen molar-refractivity contribution in [3.8, 4) is 5.75 Å². The van der Waals surface area contributed by atoms with Crippen LogP contribution in [0.4, 0.5) is 0 Å². The van der Waals surface area contributed by atoms with Gasteiger partial charge in [-0.25, -0.2) is 0 Å². The Bertz CT molecular complexity index is 612. The molecule has 0 bridgehead atoms. The highest BCUT2D eigenvalue weighted by molar-refractivity contribution is 5.85. The Kier molecular flexibility index (Phi) is 10.2. The summed E-state index contributed by atoms with van der Waals surface area (Å²) in [4.78, 5) is 26.5. The number of hydrogen-bond donors (Lipinski definition) is 2. The molecule has 152 valence electrons. The smallest absolute Gasteiger partial charge is 0.223 e. The first-order valence-electron chi connectivity index (χ1n) is 9.45. The van der Waals surface area contributed by atoms with Crippen molar-refractivity contribution in [2.75, 3.05) is 26.7 Å². The summed E-state index contributed by atoms with van der Waals surface area (Å²) in [5.74, 6) is 1.03. The fourth-order valence-corrected chi connectivity index (χ4v) is 3.44. The average Bonchev–Trinajstić information content (AvgIpc) is 2.66. The summed E-state index contributed by atoms with van der Waals surface area (Å²) < 4.78 is 5.27. The topological polar surface area (TPSA) is 84.7 Å². The highest BCUT2D eigenvalue weighted by Gasteiger charge is 2.28. The lowest BCUT2D eigenvalue weighted by Gasteiger charge is -2.36. The normalized spacial score (nSPS) is 17.6. The number of hydrogen-bond acceptors (Lipinski definition) is 4. The lowest BCUT2D eigenvalue weighted by Crippen LogP contribution is -2.49. The van der Waals surface area contributed by atoms with Crippen LogP contribution < -0.4 is 15.8 Å². The van der Waals surface area contributed by atoms with Gasteiger partial charge in [-0.1, -0.05) is 19.1 Å².